The molecule has 0 saturated heterocycles. The van der Waals surface area contributed by atoms with E-state index in [0.29, 0.717) is 15.8 Å². The smallest absolute Gasteiger partial charge is 0.273 e. The van der Waals surface area contributed by atoms with Gasteiger partial charge < -0.3 is 4.74 Å². The van der Waals surface area contributed by atoms with Gasteiger partial charge in [0.15, 0.2) is 0 Å². The number of hydrogen-bond donors (Lipinski definition) is 0. The molecule has 2 aromatic rings. The lowest BCUT2D eigenvalue weighted by Gasteiger charge is -2.09. The molecule has 0 atom stereocenters. The zero-order valence-corrected chi connectivity index (χ0v) is 13.1. The van der Waals surface area contributed by atoms with E-state index in [9.17, 15) is 14.5 Å². The van der Waals surface area contributed by atoms with Crippen molar-refractivity contribution in [2.24, 2.45) is 0 Å². The van der Waals surface area contributed by atoms with Crippen LogP contribution in [-0.4, -0.2) is 4.92 Å². The Kier molecular flexibility index (Phi) is 4.72. The van der Waals surface area contributed by atoms with Gasteiger partial charge in [0.25, 0.3) is 5.69 Å². The van der Waals surface area contributed by atoms with Gasteiger partial charge in [0, 0.05) is 16.1 Å². The van der Waals surface area contributed by atoms with Crippen molar-refractivity contribution in [3.63, 3.8) is 0 Å². The predicted octanol–water partition coefficient (Wildman–Crippen LogP) is 4.84. The predicted molar refractivity (Wildman–Crippen MR) is 79.2 cm³/mol. The molecule has 0 saturated carbocycles. The summed E-state index contributed by atoms with van der Waals surface area (Å²) in [4.78, 5) is 10.2. The van der Waals surface area contributed by atoms with E-state index in [2.05, 4.69) is 31.9 Å². The van der Waals surface area contributed by atoms with Crippen LogP contribution < -0.4 is 4.74 Å². The fourth-order valence-corrected chi connectivity index (χ4v) is 2.30. The first-order valence-electron chi connectivity index (χ1n) is 5.48. The molecule has 0 radical (unpaired) electrons. The van der Waals surface area contributed by atoms with Gasteiger partial charge in [-0.3, -0.25) is 10.1 Å². The van der Waals surface area contributed by atoms with Crippen LogP contribution in [0, 0.1) is 15.9 Å². The molecule has 0 aliphatic heterocycles. The van der Waals surface area contributed by atoms with Crippen molar-refractivity contribution in [2.75, 3.05) is 0 Å². The molecule has 0 unspecified atom stereocenters. The molecular formula is C13H8Br2FNO3. The Morgan fingerprint density at radius 3 is 2.65 bits per heavy atom. The van der Waals surface area contributed by atoms with Crippen molar-refractivity contribution in [3.05, 3.63) is 66.8 Å². The highest BCUT2D eigenvalue weighted by molar-refractivity contribution is 9.10. The van der Waals surface area contributed by atoms with Crippen LogP contribution in [0.15, 0.2) is 45.3 Å². The molecule has 0 spiro atoms. The summed E-state index contributed by atoms with van der Waals surface area (Å²) in [6, 6.07) is 8.68. The number of hydrogen-bond acceptors (Lipinski definition) is 3. The van der Waals surface area contributed by atoms with Gasteiger partial charge in [0.2, 0.25) is 0 Å². The minimum atomic E-state index is -0.515. The quantitative estimate of drug-likeness (QED) is 0.541. The Labute approximate surface area is 131 Å². The van der Waals surface area contributed by atoms with Crippen LogP contribution in [0.25, 0.3) is 0 Å². The minimum absolute atomic E-state index is 0.0228. The van der Waals surface area contributed by atoms with Crippen molar-refractivity contribution < 1.29 is 14.1 Å². The van der Waals surface area contributed by atoms with Crippen LogP contribution >= 0.6 is 31.9 Å². The van der Waals surface area contributed by atoms with E-state index in [4.69, 9.17) is 4.74 Å². The van der Waals surface area contributed by atoms with Gasteiger partial charge >= 0.3 is 0 Å². The molecular weight excluding hydrogens is 397 g/mol. The molecule has 0 aliphatic rings. The lowest BCUT2D eigenvalue weighted by molar-refractivity contribution is -0.385. The zero-order chi connectivity index (χ0) is 14.7. The summed E-state index contributed by atoms with van der Waals surface area (Å²) >= 11 is 6.48. The third kappa shape index (κ3) is 3.55. The van der Waals surface area contributed by atoms with E-state index in [-0.39, 0.29) is 12.3 Å². The van der Waals surface area contributed by atoms with E-state index in [1.54, 1.807) is 12.1 Å². The number of non-ortho nitro benzene ring substituents is 1. The molecule has 2 aromatic carbocycles. The minimum Gasteiger partial charge on any atom is -0.487 e. The molecule has 0 aromatic heterocycles. The Bertz CT molecular complexity index is 664. The summed E-state index contributed by atoms with van der Waals surface area (Å²) in [5.74, 6) is -0.103. The normalized spacial score (nSPS) is 10.3. The van der Waals surface area contributed by atoms with Gasteiger partial charge in [-0.05, 0) is 40.2 Å². The number of ether oxygens (including phenoxy) is 1. The maximum Gasteiger partial charge on any atom is 0.273 e. The number of nitro groups is 1. The van der Waals surface area contributed by atoms with Gasteiger partial charge in [-0.2, -0.15) is 0 Å². The number of nitro benzene ring substituents is 1. The van der Waals surface area contributed by atoms with Crippen molar-refractivity contribution in [3.8, 4) is 5.75 Å². The lowest BCUT2D eigenvalue weighted by Crippen LogP contribution is -2.00. The van der Waals surface area contributed by atoms with Crippen LogP contribution in [-0.2, 0) is 6.61 Å². The van der Waals surface area contributed by atoms with Gasteiger partial charge in [-0.25, -0.2) is 4.39 Å². The average Bonchev–Trinajstić information content (AvgIpc) is 2.41. The highest BCUT2D eigenvalue weighted by atomic mass is 79.9. The maximum atomic E-state index is 13.6. The highest BCUT2D eigenvalue weighted by Crippen LogP contribution is 2.30. The summed E-state index contributed by atoms with van der Waals surface area (Å²) in [7, 11) is 0. The van der Waals surface area contributed by atoms with E-state index >= 15 is 0 Å². The summed E-state index contributed by atoms with van der Waals surface area (Å²) in [5.41, 5.74) is 0.274. The molecule has 0 heterocycles. The maximum absolute atomic E-state index is 13.6. The first-order chi connectivity index (χ1) is 9.47. The second-order valence-corrected chi connectivity index (χ2v) is 5.67. The molecule has 4 nitrogen and oxygen atoms in total. The van der Waals surface area contributed by atoms with E-state index in [0.717, 1.165) is 4.47 Å². The first-order valence-corrected chi connectivity index (χ1v) is 7.06. The van der Waals surface area contributed by atoms with E-state index in [1.807, 2.05) is 0 Å². The third-order valence-electron chi connectivity index (χ3n) is 2.52. The Hall–Kier alpha value is -1.47. The van der Waals surface area contributed by atoms with Gasteiger partial charge in [-0.1, -0.05) is 15.9 Å². The van der Waals surface area contributed by atoms with Crippen LogP contribution in [0.5, 0.6) is 5.75 Å². The monoisotopic (exact) mass is 403 g/mol. The Balaban J connectivity index is 2.20. The molecule has 0 fully saturated rings. The van der Waals surface area contributed by atoms with Crippen LogP contribution in [0.4, 0.5) is 10.1 Å². The SMILES string of the molecule is O=[N+]([O-])c1ccc(Br)c(OCc2cc(Br)ccc2F)c1. The standard InChI is InChI=1S/C13H8Br2FNO3/c14-9-1-4-12(16)8(5-9)7-20-13-6-10(17(18)19)2-3-11(13)15/h1-6H,7H2. The molecule has 0 N–H and O–H groups in total. The fraction of sp³-hybridized carbons (Fsp3) is 0.0769. The number of rotatable bonds is 4. The lowest BCUT2D eigenvalue weighted by atomic mass is 10.2. The molecule has 0 aliphatic carbocycles. The van der Waals surface area contributed by atoms with Crippen molar-refractivity contribution in [1.29, 1.82) is 0 Å². The zero-order valence-electron chi connectivity index (χ0n) is 9.98. The average molecular weight is 405 g/mol. The second-order valence-electron chi connectivity index (χ2n) is 3.90. The number of nitrogens with zero attached hydrogens (tertiary/aromatic N) is 1. The summed E-state index contributed by atoms with van der Waals surface area (Å²) in [5, 5.41) is 10.7. The van der Waals surface area contributed by atoms with E-state index < -0.39 is 10.7 Å². The summed E-state index contributed by atoms with van der Waals surface area (Å²) in [6.07, 6.45) is 0. The fourth-order valence-electron chi connectivity index (χ4n) is 1.53. The molecule has 0 bridgehead atoms. The Morgan fingerprint density at radius 2 is 1.95 bits per heavy atom. The second kappa shape index (κ2) is 6.32. The first kappa shape index (κ1) is 14.9. The van der Waals surface area contributed by atoms with Gasteiger partial charge in [0.05, 0.1) is 15.5 Å². The van der Waals surface area contributed by atoms with Crippen LogP contribution in [0.2, 0.25) is 0 Å². The van der Waals surface area contributed by atoms with Gasteiger partial charge in [-0.15, -0.1) is 0 Å². The largest absolute Gasteiger partial charge is 0.487 e. The van der Waals surface area contributed by atoms with Crippen LogP contribution in [0.3, 0.4) is 0 Å². The van der Waals surface area contributed by atoms with Crippen LogP contribution in [0.1, 0.15) is 5.56 Å². The Morgan fingerprint density at radius 1 is 1.20 bits per heavy atom. The molecule has 0 amide bonds. The van der Waals surface area contributed by atoms with Crippen molar-refractivity contribution >= 4 is 37.5 Å². The topological polar surface area (TPSA) is 52.4 Å². The molecule has 2 rings (SSSR count). The van der Waals surface area contributed by atoms with E-state index in [1.165, 1.54) is 24.3 Å². The number of benzene rings is 2. The third-order valence-corrected chi connectivity index (χ3v) is 3.66. The summed E-state index contributed by atoms with van der Waals surface area (Å²) < 4.78 is 20.3. The molecule has 104 valence electrons. The summed E-state index contributed by atoms with van der Waals surface area (Å²) in [6.45, 7) is -0.0228. The van der Waals surface area contributed by atoms with Gasteiger partial charge in [0.1, 0.15) is 18.2 Å². The molecule has 7 heteroatoms. The highest BCUT2D eigenvalue weighted by Gasteiger charge is 2.11. The molecule has 20 heavy (non-hydrogen) atoms. The van der Waals surface area contributed by atoms with Crippen molar-refractivity contribution in [1.82, 2.24) is 0 Å². The van der Waals surface area contributed by atoms with Crippen molar-refractivity contribution in [2.45, 2.75) is 6.61 Å². The number of halogens is 3.